The molecule has 0 saturated heterocycles. The summed E-state index contributed by atoms with van der Waals surface area (Å²) in [4.78, 5) is 14.1. The Kier molecular flexibility index (Phi) is 5.26. The summed E-state index contributed by atoms with van der Waals surface area (Å²) in [5.41, 5.74) is 0. The van der Waals surface area contributed by atoms with E-state index < -0.39 is 0 Å². The number of amides is 1. The first-order valence-corrected chi connectivity index (χ1v) is 6.47. The van der Waals surface area contributed by atoms with Crippen LogP contribution in [-0.4, -0.2) is 35.1 Å². The molecule has 3 nitrogen and oxygen atoms in total. The Bertz CT molecular complexity index is 220. The maximum absolute atomic E-state index is 12.3. The van der Waals surface area contributed by atoms with Gasteiger partial charge < -0.3 is 10.0 Å². The van der Waals surface area contributed by atoms with Gasteiger partial charge in [0.1, 0.15) is 0 Å². The van der Waals surface area contributed by atoms with Gasteiger partial charge in [-0.1, -0.05) is 6.92 Å². The molecular formula is C13H25NO2. The Morgan fingerprint density at radius 2 is 1.88 bits per heavy atom. The van der Waals surface area contributed by atoms with E-state index in [1.807, 2.05) is 18.7 Å². The smallest absolute Gasteiger partial charge is 0.225 e. The van der Waals surface area contributed by atoms with Crippen molar-refractivity contribution >= 4 is 5.91 Å². The van der Waals surface area contributed by atoms with Gasteiger partial charge in [-0.25, -0.2) is 0 Å². The Hall–Kier alpha value is -0.570. The first-order valence-electron chi connectivity index (χ1n) is 6.47. The van der Waals surface area contributed by atoms with Gasteiger partial charge >= 0.3 is 0 Å². The van der Waals surface area contributed by atoms with Crippen LogP contribution in [0.4, 0.5) is 0 Å². The number of rotatable bonds is 4. The summed E-state index contributed by atoms with van der Waals surface area (Å²) in [5, 5.41) is 8.98. The number of aliphatic hydroxyl groups is 1. The minimum Gasteiger partial charge on any atom is -0.395 e. The molecule has 1 N–H and O–H groups in total. The largest absolute Gasteiger partial charge is 0.395 e. The molecule has 0 heterocycles. The van der Waals surface area contributed by atoms with Gasteiger partial charge in [0.05, 0.1) is 6.61 Å². The van der Waals surface area contributed by atoms with Gasteiger partial charge in [-0.15, -0.1) is 0 Å². The molecule has 94 valence electrons. The molecule has 0 aromatic heterocycles. The summed E-state index contributed by atoms with van der Waals surface area (Å²) >= 11 is 0. The molecule has 0 aromatic rings. The molecule has 0 bridgehead atoms. The summed E-state index contributed by atoms with van der Waals surface area (Å²) < 4.78 is 0. The van der Waals surface area contributed by atoms with Gasteiger partial charge in [-0.3, -0.25) is 4.79 Å². The first-order chi connectivity index (χ1) is 7.56. The van der Waals surface area contributed by atoms with Crippen molar-refractivity contribution in [3.05, 3.63) is 0 Å². The minimum absolute atomic E-state index is 0.0625. The molecule has 0 aromatic carbocycles. The summed E-state index contributed by atoms with van der Waals surface area (Å²) in [7, 11) is 0. The molecule has 1 amide bonds. The van der Waals surface area contributed by atoms with Crippen LogP contribution < -0.4 is 0 Å². The average molecular weight is 227 g/mol. The van der Waals surface area contributed by atoms with Gasteiger partial charge in [0.15, 0.2) is 0 Å². The zero-order valence-electron chi connectivity index (χ0n) is 10.8. The maximum atomic E-state index is 12.3. The van der Waals surface area contributed by atoms with Crippen LogP contribution in [0.25, 0.3) is 0 Å². The lowest BCUT2D eigenvalue weighted by molar-refractivity contribution is -0.139. The SMILES string of the molecule is CC1CCC(C(=O)N(CCO)C(C)C)CC1. The molecule has 0 unspecified atom stereocenters. The third kappa shape index (κ3) is 3.48. The predicted molar refractivity (Wildman–Crippen MR) is 65.1 cm³/mol. The third-order valence-electron chi connectivity index (χ3n) is 3.61. The molecule has 0 radical (unpaired) electrons. The highest BCUT2D eigenvalue weighted by Crippen LogP contribution is 2.29. The lowest BCUT2D eigenvalue weighted by Crippen LogP contribution is -2.43. The average Bonchev–Trinajstić information content (AvgIpc) is 2.25. The molecule has 16 heavy (non-hydrogen) atoms. The lowest BCUT2D eigenvalue weighted by Gasteiger charge is -2.33. The van der Waals surface area contributed by atoms with Crippen molar-refractivity contribution < 1.29 is 9.90 Å². The van der Waals surface area contributed by atoms with Crippen LogP contribution in [0.15, 0.2) is 0 Å². The van der Waals surface area contributed by atoms with E-state index in [0.29, 0.717) is 6.54 Å². The van der Waals surface area contributed by atoms with Gasteiger partial charge in [0.2, 0.25) is 5.91 Å². The molecule has 1 saturated carbocycles. The maximum Gasteiger partial charge on any atom is 0.225 e. The van der Waals surface area contributed by atoms with Crippen LogP contribution in [-0.2, 0) is 4.79 Å². The van der Waals surface area contributed by atoms with E-state index in [2.05, 4.69) is 6.92 Å². The fraction of sp³-hybridized carbons (Fsp3) is 0.923. The van der Waals surface area contributed by atoms with Crippen LogP contribution >= 0.6 is 0 Å². The van der Waals surface area contributed by atoms with Gasteiger partial charge in [0.25, 0.3) is 0 Å². The second-order valence-corrected chi connectivity index (χ2v) is 5.31. The number of aliphatic hydroxyl groups excluding tert-OH is 1. The van der Waals surface area contributed by atoms with E-state index in [1.54, 1.807) is 0 Å². The van der Waals surface area contributed by atoms with Crippen LogP contribution in [0, 0.1) is 11.8 Å². The minimum atomic E-state index is 0.0625. The van der Waals surface area contributed by atoms with Gasteiger partial charge in [0, 0.05) is 18.5 Å². The van der Waals surface area contributed by atoms with Crippen LogP contribution in [0.1, 0.15) is 46.5 Å². The number of hydrogen-bond donors (Lipinski definition) is 1. The highest BCUT2D eigenvalue weighted by Gasteiger charge is 2.28. The fourth-order valence-corrected chi connectivity index (χ4v) is 2.47. The normalized spacial score (nSPS) is 25.8. The molecule has 1 rings (SSSR count). The van der Waals surface area contributed by atoms with Crippen molar-refractivity contribution in [2.45, 2.75) is 52.5 Å². The highest BCUT2D eigenvalue weighted by molar-refractivity contribution is 5.79. The van der Waals surface area contributed by atoms with Gasteiger partial charge in [-0.2, -0.15) is 0 Å². The summed E-state index contributed by atoms with van der Waals surface area (Å²) in [6.07, 6.45) is 4.38. The van der Waals surface area contributed by atoms with Crippen molar-refractivity contribution in [3.8, 4) is 0 Å². The second kappa shape index (κ2) is 6.24. The lowest BCUT2D eigenvalue weighted by atomic mass is 9.82. The van der Waals surface area contributed by atoms with E-state index in [0.717, 1.165) is 18.8 Å². The predicted octanol–water partition coefficient (Wildman–Crippen LogP) is 2.04. The molecule has 0 atom stereocenters. The number of nitrogens with zero attached hydrogens (tertiary/aromatic N) is 1. The Morgan fingerprint density at radius 3 is 2.31 bits per heavy atom. The molecule has 3 heteroatoms. The monoisotopic (exact) mass is 227 g/mol. The number of hydrogen-bond acceptors (Lipinski definition) is 2. The molecule has 1 fully saturated rings. The molecular weight excluding hydrogens is 202 g/mol. The molecule has 1 aliphatic rings. The fourth-order valence-electron chi connectivity index (χ4n) is 2.47. The molecule has 0 aliphatic heterocycles. The summed E-state index contributed by atoms with van der Waals surface area (Å²) in [6.45, 7) is 6.82. The third-order valence-corrected chi connectivity index (χ3v) is 3.61. The van der Waals surface area contributed by atoms with Crippen molar-refractivity contribution in [1.82, 2.24) is 4.90 Å². The van der Waals surface area contributed by atoms with Crippen molar-refractivity contribution in [3.63, 3.8) is 0 Å². The Labute approximate surface area is 98.8 Å². The highest BCUT2D eigenvalue weighted by atomic mass is 16.3. The topological polar surface area (TPSA) is 40.5 Å². The first kappa shape index (κ1) is 13.5. The molecule has 1 aliphatic carbocycles. The summed E-state index contributed by atoms with van der Waals surface area (Å²) in [5.74, 6) is 1.22. The standard InChI is InChI=1S/C13H25NO2/c1-10(2)14(8-9-15)13(16)12-6-4-11(3)5-7-12/h10-12,15H,4-9H2,1-3H3. The van der Waals surface area contributed by atoms with E-state index in [4.69, 9.17) is 5.11 Å². The Balaban J connectivity index is 2.53. The van der Waals surface area contributed by atoms with E-state index in [1.165, 1.54) is 12.8 Å². The molecule has 0 spiro atoms. The summed E-state index contributed by atoms with van der Waals surface area (Å²) in [6, 6.07) is 0.194. The van der Waals surface area contributed by atoms with Crippen molar-refractivity contribution in [2.24, 2.45) is 11.8 Å². The van der Waals surface area contributed by atoms with E-state index in [9.17, 15) is 4.79 Å². The zero-order chi connectivity index (χ0) is 12.1. The number of carbonyl (C=O) groups excluding carboxylic acids is 1. The van der Waals surface area contributed by atoms with E-state index >= 15 is 0 Å². The van der Waals surface area contributed by atoms with E-state index in [-0.39, 0.29) is 24.5 Å². The van der Waals surface area contributed by atoms with Crippen LogP contribution in [0.3, 0.4) is 0 Å². The van der Waals surface area contributed by atoms with Gasteiger partial charge in [-0.05, 0) is 45.4 Å². The number of carbonyl (C=O) groups is 1. The zero-order valence-corrected chi connectivity index (χ0v) is 10.8. The van der Waals surface area contributed by atoms with Crippen molar-refractivity contribution in [2.75, 3.05) is 13.2 Å². The van der Waals surface area contributed by atoms with Crippen LogP contribution in [0.5, 0.6) is 0 Å². The van der Waals surface area contributed by atoms with Crippen LogP contribution in [0.2, 0.25) is 0 Å². The van der Waals surface area contributed by atoms with Crippen molar-refractivity contribution in [1.29, 1.82) is 0 Å². The quantitative estimate of drug-likeness (QED) is 0.798. The second-order valence-electron chi connectivity index (χ2n) is 5.31. The Morgan fingerprint density at radius 1 is 1.31 bits per heavy atom.